The molecule has 1 aromatic rings. The van der Waals surface area contributed by atoms with Crippen LogP contribution in [0.1, 0.15) is 26.1 Å². The Morgan fingerprint density at radius 3 is 2.47 bits per heavy atom. The van der Waals surface area contributed by atoms with Gasteiger partial charge in [0.15, 0.2) is 0 Å². The molecule has 0 saturated carbocycles. The van der Waals surface area contributed by atoms with Crippen molar-refractivity contribution in [2.75, 3.05) is 32.7 Å². The normalized spacial score (nSPS) is 18.7. The molecule has 0 aliphatic carbocycles. The Hall–Kier alpha value is -0.870. The monoisotopic (exact) mass is 236 g/mol. The molecule has 4 heteroatoms. The Morgan fingerprint density at radius 1 is 1.12 bits per heavy atom. The molecule has 0 unspecified atom stereocenters. The third kappa shape index (κ3) is 3.30. The van der Waals surface area contributed by atoms with Gasteiger partial charge in [0.1, 0.15) is 5.82 Å². The number of hydrogen-bond donors (Lipinski definition) is 0. The highest BCUT2D eigenvalue weighted by Crippen LogP contribution is 2.07. The summed E-state index contributed by atoms with van der Waals surface area (Å²) in [4.78, 5) is 9.52. The first-order valence-electron chi connectivity index (χ1n) is 6.78. The molecular formula is C13H24N4. The summed E-state index contributed by atoms with van der Waals surface area (Å²) in [5, 5.41) is 0. The molecule has 0 spiro atoms. The lowest BCUT2D eigenvalue weighted by Crippen LogP contribution is -2.46. The minimum absolute atomic E-state index is 1.00. The van der Waals surface area contributed by atoms with Crippen molar-refractivity contribution in [3.63, 3.8) is 0 Å². The molecule has 0 N–H and O–H groups in total. The van der Waals surface area contributed by atoms with Gasteiger partial charge >= 0.3 is 0 Å². The maximum absolute atomic E-state index is 4.44. The number of rotatable bonds is 5. The lowest BCUT2D eigenvalue weighted by Gasteiger charge is -2.34. The molecule has 1 saturated heterocycles. The van der Waals surface area contributed by atoms with Crippen LogP contribution in [0.2, 0.25) is 0 Å². The number of aromatic nitrogens is 2. The van der Waals surface area contributed by atoms with Gasteiger partial charge in [0, 0.05) is 45.1 Å². The number of piperazine rings is 1. The molecule has 96 valence electrons. The largest absolute Gasteiger partial charge is 0.334 e. The second-order valence-corrected chi connectivity index (χ2v) is 4.75. The number of imidazole rings is 1. The minimum atomic E-state index is 1.00. The SMILES string of the molecule is CCCN1CCN(Cc2nccn2CC)CC1. The molecule has 0 bridgehead atoms. The predicted octanol–water partition coefficient (Wildman–Crippen LogP) is 1.43. The van der Waals surface area contributed by atoms with Crippen LogP contribution in [-0.2, 0) is 13.1 Å². The standard InChI is InChI=1S/C13H24N4/c1-3-6-15-8-10-16(11-9-15)12-13-14-5-7-17(13)4-2/h5,7H,3-4,6,8-12H2,1-2H3. The molecule has 0 aromatic carbocycles. The molecule has 0 atom stereocenters. The van der Waals surface area contributed by atoms with Crippen LogP contribution in [0.5, 0.6) is 0 Å². The zero-order chi connectivity index (χ0) is 12.1. The van der Waals surface area contributed by atoms with E-state index in [0.717, 1.165) is 13.1 Å². The molecule has 0 amide bonds. The van der Waals surface area contributed by atoms with Crippen LogP contribution in [0, 0.1) is 0 Å². The molecule has 1 fully saturated rings. The molecule has 0 radical (unpaired) electrons. The van der Waals surface area contributed by atoms with E-state index in [0.29, 0.717) is 0 Å². The van der Waals surface area contributed by atoms with E-state index in [9.17, 15) is 0 Å². The van der Waals surface area contributed by atoms with Gasteiger partial charge in [-0.2, -0.15) is 0 Å². The predicted molar refractivity (Wildman–Crippen MR) is 69.9 cm³/mol. The van der Waals surface area contributed by atoms with Gasteiger partial charge in [-0.05, 0) is 19.9 Å². The highest BCUT2D eigenvalue weighted by atomic mass is 15.3. The fraction of sp³-hybridized carbons (Fsp3) is 0.769. The molecule has 17 heavy (non-hydrogen) atoms. The van der Waals surface area contributed by atoms with Crippen LogP contribution in [0.15, 0.2) is 12.4 Å². The molecule has 4 nitrogen and oxygen atoms in total. The molecule has 1 aromatic heterocycles. The van der Waals surface area contributed by atoms with Gasteiger partial charge in [0.05, 0.1) is 6.54 Å². The van der Waals surface area contributed by atoms with Crippen LogP contribution in [-0.4, -0.2) is 52.1 Å². The second kappa shape index (κ2) is 6.17. The third-order valence-electron chi connectivity index (χ3n) is 3.51. The quantitative estimate of drug-likeness (QED) is 0.773. The summed E-state index contributed by atoms with van der Waals surface area (Å²) >= 11 is 0. The molecular weight excluding hydrogens is 212 g/mol. The van der Waals surface area contributed by atoms with Gasteiger partial charge in [-0.15, -0.1) is 0 Å². The Bertz CT molecular complexity index is 326. The van der Waals surface area contributed by atoms with Crippen LogP contribution in [0.25, 0.3) is 0 Å². The van der Waals surface area contributed by atoms with Crippen molar-refractivity contribution < 1.29 is 0 Å². The molecule has 2 heterocycles. The summed E-state index contributed by atoms with van der Waals surface area (Å²) in [5.74, 6) is 1.21. The highest BCUT2D eigenvalue weighted by Gasteiger charge is 2.17. The van der Waals surface area contributed by atoms with Crippen LogP contribution < -0.4 is 0 Å². The first-order chi connectivity index (χ1) is 8.33. The fourth-order valence-corrected chi connectivity index (χ4v) is 2.47. The van der Waals surface area contributed by atoms with Crippen molar-refractivity contribution in [1.82, 2.24) is 19.4 Å². The lowest BCUT2D eigenvalue weighted by molar-refractivity contribution is 0.124. The van der Waals surface area contributed by atoms with Crippen molar-refractivity contribution in [3.8, 4) is 0 Å². The molecule has 1 aliphatic heterocycles. The van der Waals surface area contributed by atoms with Crippen LogP contribution in [0.4, 0.5) is 0 Å². The number of nitrogens with zero attached hydrogens (tertiary/aromatic N) is 4. The average molecular weight is 236 g/mol. The Balaban J connectivity index is 1.82. The summed E-state index contributed by atoms with van der Waals surface area (Å²) in [6.07, 6.45) is 5.25. The summed E-state index contributed by atoms with van der Waals surface area (Å²) in [7, 11) is 0. The maximum atomic E-state index is 4.44. The van der Waals surface area contributed by atoms with Gasteiger partial charge < -0.3 is 9.47 Å². The zero-order valence-electron chi connectivity index (χ0n) is 11.1. The van der Waals surface area contributed by atoms with E-state index in [1.165, 1.54) is 45.0 Å². The number of hydrogen-bond acceptors (Lipinski definition) is 3. The Kier molecular flexibility index (Phi) is 4.57. The van der Waals surface area contributed by atoms with Crippen LogP contribution in [0.3, 0.4) is 0 Å². The Morgan fingerprint density at radius 2 is 1.82 bits per heavy atom. The van der Waals surface area contributed by atoms with Crippen molar-refractivity contribution in [2.45, 2.75) is 33.4 Å². The highest BCUT2D eigenvalue weighted by molar-refractivity contribution is 4.92. The van der Waals surface area contributed by atoms with Crippen molar-refractivity contribution in [3.05, 3.63) is 18.2 Å². The van der Waals surface area contributed by atoms with E-state index >= 15 is 0 Å². The summed E-state index contributed by atoms with van der Waals surface area (Å²) < 4.78 is 2.23. The molecule has 2 rings (SSSR count). The fourth-order valence-electron chi connectivity index (χ4n) is 2.47. The summed E-state index contributed by atoms with van der Waals surface area (Å²) in [5.41, 5.74) is 0. The van der Waals surface area contributed by atoms with E-state index in [-0.39, 0.29) is 0 Å². The van der Waals surface area contributed by atoms with E-state index < -0.39 is 0 Å². The first-order valence-corrected chi connectivity index (χ1v) is 6.78. The zero-order valence-corrected chi connectivity index (χ0v) is 11.1. The van der Waals surface area contributed by atoms with E-state index in [4.69, 9.17) is 0 Å². The first kappa shape index (κ1) is 12.6. The van der Waals surface area contributed by atoms with Gasteiger partial charge in [-0.25, -0.2) is 4.98 Å². The molecule has 1 aliphatic rings. The summed E-state index contributed by atoms with van der Waals surface area (Å²) in [6.45, 7) is 12.5. The van der Waals surface area contributed by atoms with Crippen LogP contribution >= 0.6 is 0 Å². The average Bonchev–Trinajstić information content (AvgIpc) is 2.79. The van der Waals surface area contributed by atoms with Gasteiger partial charge in [0.2, 0.25) is 0 Å². The van der Waals surface area contributed by atoms with E-state index in [1.807, 2.05) is 6.20 Å². The second-order valence-electron chi connectivity index (χ2n) is 4.75. The van der Waals surface area contributed by atoms with E-state index in [1.54, 1.807) is 0 Å². The number of aryl methyl sites for hydroxylation is 1. The smallest absolute Gasteiger partial charge is 0.122 e. The maximum Gasteiger partial charge on any atom is 0.122 e. The summed E-state index contributed by atoms with van der Waals surface area (Å²) in [6, 6.07) is 0. The lowest BCUT2D eigenvalue weighted by atomic mass is 10.3. The van der Waals surface area contributed by atoms with Gasteiger partial charge in [0.25, 0.3) is 0 Å². The topological polar surface area (TPSA) is 24.3 Å². The van der Waals surface area contributed by atoms with Crippen molar-refractivity contribution in [1.29, 1.82) is 0 Å². The Labute approximate surface area is 104 Å². The van der Waals surface area contributed by atoms with Gasteiger partial charge in [-0.1, -0.05) is 6.92 Å². The van der Waals surface area contributed by atoms with Crippen molar-refractivity contribution in [2.24, 2.45) is 0 Å². The van der Waals surface area contributed by atoms with Crippen molar-refractivity contribution >= 4 is 0 Å². The third-order valence-corrected chi connectivity index (χ3v) is 3.51. The minimum Gasteiger partial charge on any atom is -0.334 e. The van der Waals surface area contributed by atoms with E-state index in [2.05, 4.69) is 39.4 Å². The van der Waals surface area contributed by atoms with Gasteiger partial charge in [-0.3, -0.25) is 4.90 Å².